The molecule has 6 heteroatoms. The van der Waals surface area contributed by atoms with E-state index >= 15 is 0 Å². The molecular weight excluding hydrogens is 413 g/mol. The van der Waals surface area contributed by atoms with Crippen LogP contribution in [0, 0.1) is 0 Å². The molecule has 0 saturated carbocycles. The molecule has 1 heterocycles. The van der Waals surface area contributed by atoms with E-state index in [2.05, 4.69) is 43.2 Å². The van der Waals surface area contributed by atoms with Crippen LogP contribution >= 0.6 is 54.8 Å². The number of benzene rings is 1. The Kier molecular flexibility index (Phi) is 5.57. The molecule has 0 saturated heterocycles. The number of hydrogen-bond donors (Lipinski definition) is 1. The average molecular weight is 426 g/mol. The molecule has 1 aromatic carbocycles. The zero-order valence-electron chi connectivity index (χ0n) is 10.2. The Morgan fingerprint density at radius 3 is 2.74 bits per heavy atom. The SMILES string of the molecule is CCOc1c(Br)cc(Cl)cc1NCc1ccc(Br)s1. The van der Waals surface area contributed by atoms with Crippen molar-refractivity contribution in [3.8, 4) is 5.75 Å². The van der Waals surface area contributed by atoms with Crippen LogP contribution in [-0.4, -0.2) is 6.61 Å². The highest BCUT2D eigenvalue weighted by molar-refractivity contribution is 9.11. The number of anilines is 1. The molecule has 0 bridgehead atoms. The van der Waals surface area contributed by atoms with Gasteiger partial charge in [-0.05, 0) is 63.0 Å². The van der Waals surface area contributed by atoms with Crippen LogP contribution in [0.1, 0.15) is 11.8 Å². The summed E-state index contributed by atoms with van der Waals surface area (Å²) in [6, 6.07) is 7.83. The molecule has 0 amide bonds. The second kappa shape index (κ2) is 6.97. The van der Waals surface area contributed by atoms with E-state index in [9.17, 15) is 0 Å². The molecule has 19 heavy (non-hydrogen) atoms. The normalized spacial score (nSPS) is 10.5. The number of halogens is 3. The first-order valence-corrected chi connectivity index (χ1v) is 8.48. The van der Waals surface area contributed by atoms with Crippen molar-refractivity contribution >= 4 is 60.5 Å². The van der Waals surface area contributed by atoms with Crippen molar-refractivity contribution in [1.29, 1.82) is 0 Å². The number of nitrogens with one attached hydrogen (secondary N) is 1. The van der Waals surface area contributed by atoms with E-state index in [0.29, 0.717) is 11.6 Å². The quantitative estimate of drug-likeness (QED) is 0.640. The highest BCUT2D eigenvalue weighted by atomic mass is 79.9. The summed E-state index contributed by atoms with van der Waals surface area (Å²) >= 11 is 14.7. The van der Waals surface area contributed by atoms with Gasteiger partial charge in [0.15, 0.2) is 5.75 Å². The highest BCUT2D eigenvalue weighted by Gasteiger charge is 2.10. The van der Waals surface area contributed by atoms with Crippen LogP contribution in [0.2, 0.25) is 5.02 Å². The summed E-state index contributed by atoms with van der Waals surface area (Å²) in [4.78, 5) is 1.24. The fourth-order valence-corrected chi connectivity index (χ4v) is 3.96. The van der Waals surface area contributed by atoms with Gasteiger partial charge in [-0.3, -0.25) is 0 Å². The fourth-order valence-electron chi connectivity index (χ4n) is 1.61. The molecule has 2 nitrogen and oxygen atoms in total. The van der Waals surface area contributed by atoms with Gasteiger partial charge in [-0.2, -0.15) is 0 Å². The first kappa shape index (κ1) is 15.2. The third kappa shape index (κ3) is 4.12. The van der Waals surface area contributed by atoms with Crippen LogP contribution in [-0.2, 0) is 6.54 Å². The van der Waals surface area contributed by atoms with E-state index in [-0.39, 0.29) is 0 Å². The minimum Gasteiger partial charge on any atom is -0.491 e. The molecule has 2 aromatic rings. The van der Waals surface area contributed by atoms with Gasteiger partial charge in [0.1, 0.15) is 0 Å². The van der Waals surface area contributed by atoms with E-state index in [4.69, 9.17) is 16.3 Å². The molecule has 0 aliphatic rings. The van der Waals surface area contributed by atoms with E-state index in [0.717, 1.165) is 26.2 Å². The summed E-state index contributed by atoms with van der Waals surface area (Å²) < 4.78 is 7.63. The van der Waals surface area contributed by atoms with Crippen molar-refractivity contribution < 1.29 is 4.74 Å². The summed E-state index contributed by atoms with van der Waals surface area (Å²) in [5.74, 6) is 0.794. The number of hydrogen-bond acceptors (Lipinski definition) is 3. The number of ether oxygens (including phenoxy) is 1. The smallest absolute Gasteiger partial charge is 0.156 e. The van der Waals surface area contributed by atoms with Gasteiger partial charge in [-0.15, -0.1) is 11.3 Å². The van der Waals surface area contributed by atoms with Gasteiger partial charge in [0.2, 0.25) is 0 Å². The van der Waals surface area contributed by atoms with Gasteiger partial charge in [-0.25, -0.2) is 0 Å². The lowest BCUT2D eigenvalue weighted by Crippen LogP contribution is -2.02. The summed E-state index contributed by atoms with van der Waals surface area (Å²) in [7, 11) is 0. The van der Waals surface area contributed by atoms with E-state index in [1.165, 1.54) is 4.88 Å². The van der Waals surface area contributed by atoms with Crippen LogP contribution < -0.4 is 10.1 Å². The molecule has 0 atom stereocenters. The zero-order valence-corrected chi connectivity index (χ0v) is 14.9. The topological polar surface area (TPSA) is 21.3 Å². The van der Waals surface area contributed by atoms with Crippen molar-refractivity contribution in [2.75, 3.05) is 11.9 Å². The maximum atomic E-state index is 6.08. The Bertz CT molecular complexity index is 574. The van der Waals surface area contributed by atoms with Crippen LogP contribution in [0.3, 0.4) is 0 Å². The Morgan fingerprint density at radius 2 is 2.11 bits per heavy atom. The minimum absolute atomic E-state index is 0.611. The van der Waals surface area contributed by atoms with Crippen LogP contribution in [0.15, 0.2) is 32.5 Å². The molecule has 102 valence electrons. The van der Waals surface area contributed by atoms with Gasteiger partial charge < -0.3 is 10.1 Å². The third-order valence-corrected chi connectivity index (χ3v) is 4.81. The Morgan fingerprint density at radius 1 is 1.32 bits per heavy atom. The zero-order chi connectivity index (χ0) is 13.8. The first-order valence-electron chi connectivity index (χ1n) is 5.70. The number of rotatable bonds is 5. The Balaban J connectivity index is 2.18. The van der Waals surface area contributed by atoms with Crippen LogP contribution in [0.25, 0.3) is 0 Å². The van der Waals surface area contributed by atoms with Gasteiger partial charge in [0.05, 0.1) is 20.6 Å². The summed E-state index contributed by atoms with van der Waals surface area (Å²) in [5.41, 5.74) is 0.894. The molecule has 0 aliphatic heterocycles. The lowest BCUT2D eigenvalue weighted by atomic mass is 10.3. The monoisotopic (exact) mass is 423 g/mol. The van der Waals surface area contributed by atoms with Crippen molar-refractivity contribution in [3.63, 3.8) is 0 Å². The molecule has 0 spiro atoms. The lowest BCUT2D eigenvalue weighted by Gasteiger charge is -2.14. The third-order valence-electron chi connectivity index (χ3n) is 2.38. The van der Waals surface area contributed by atoms with E-state index < -0.39 is 0 Å². The molecule has 0 radical (unpaired) electrons. The summed E-state index contributed by atoms with van der Waals surface area (Å²) in [5, 5.41) is 4.03. The molecule has 0 unspecified atom stereocenters. The predicted molar refractivity (Wildman–Crippen MR) is 89.7 cm³/mol. The van der Waals surface area contributed by atoms with E-state index in [1.807, 2.05) is 25.1 Å². The fraction of sp³-hybridized carbons (Fsp3) is 0.231. The molecule has 1 aromatic heterocycles. The molecule has 2 rings (SSSR count). The summed E-state index contributed by atoms with van der Waals surface area (Å²) in [6.07, 6.45) is 0. The van der Waals surface area contributed by atoms with Gasteiger partial charge in [0, 0.05) is 16.4 Å². The minimum atomic E-state index is 0.611. The van der Waals surface area contributed by atoms with Crippen LogP contribution in [0.4, 0.5) is 5.69 Å². The molecular formula is C13H12Br2ClNOS. The van der Waals surface area contributed by atoms with Crippen molar-refractivity contribution in [3.05, 3.63) is 42.4 Å². The largest absolute Gasteiger partial charge is 0.491 e. The Labute approximate surface area is 138 Å². The second-order valence-electron chi connectivity index (χ2n) is 3.76. The van der Waals surface area contributed by atoms with Gasteiger partial charge in [0.25, 0.3) is 0 Å². The van der Waals surface area contributed by atoms with Crippen molar-refractivity contribution in [2.45, 2.75) is 13.5 Å². The molecule has 1 N–H and O–H groups in total. The lowest BCUT2D eigenvalue weighted by molar-refractivity contribution is 0.339. The number of thiophene rings is 1. The predicted octanol–water partition coefficient (Wildman–Crippen LogP) is 5.94. The Hall–Kier alpha value is -0.230. The highest BCUT2D eigenvalue weighted by Crippen LogP contribution is 2.37. The molecule has 0 fully saturated rings. The van der Waals surface area contributed by atoms with Crippen LogP contribution in [0.5, 0.6) is 5.75 Å². The molecule has 0 aliphatic carbocycles. The summed E-state index contributed by atoms with van der Waals surface area (Å²) in [6.45, 7) is 3.31. The van der Waals surface area contributed by atoms with Crippen molar-refractivity contribution in [1.82, 2.24) is 0 Å². The van der Waals surface area contributed by atoms with Gasteiger partial charge >= 0.3 is 0 Å². The maximum Gasteiger partial charge on any atom is 0.156 e. The second-order valence-corrected chi connectivity index (χ2v) is 7.60. The van der Waals surface area contributed by atoms with Gasteiger partial charge in [-0.1, -0.05) is 11.6 Å². The maximum absolute atomic E-state index is 6.08. The standard InChI is InChI=1S/C13H12Br2ClNOS/c1-2-18-13-10(14)5-8(16)6-11(13)17-7-9-3-4-12(15)19-9/h3-6,17H,2,7H2,1H3. The first-order chi connectivity index (χ1) is 9.10. The van der Waals surface area contributed by atoms with E-state index in [1.54, 1.807) is 11.3 Å². The van der Waals surface area contributed by atoms with Crippen molar-refractivity contribution in [2.24, 2.45) is 0 Å². The average Bonchev–Trinajstić information content (AvgIpc) is 2.76.